The summed E-state index contributed by atoms with van der Waals surface area (Å²) in [5.41, 5.74) is 1.93. The van der Waals surface area contributed by atoms with Crippen molar-refractivity contribution in [2.75, 3.05) is 11.4 Å². The highest BCUT2D eigenvalue weighted by atomic mass is 35.5. The summed E-state index contributed by atoms with van der Waals surface area (Å²) >= 11 is 7.78. The summed E-state index contributed by atoms with van der Waals surface area (Å²) in [6, 6.07) is 5.90. The van der Waals surface area contributed by atoms with Crippen molar-refractivity contribution < 1.29 is 5.11 Å². The number of anilines is 1. The molecule has 1 aliphatic heterocycles. The van der Waals surface area contributed by atoms with Crippen LogP contribution in [-0.2, 0) is 19.6 Å². The van der Waals surface area contributed by atoms with Crippen LogP contribution in [-0.4, -0.2) is 16.6 Å². The molecule has 1 aliphatic rings. The van der Waals surface area contributed by atoms with Crippen LogP contribution in [0.15, 0.2) is 23.6 Å². The van der Waals surface area contributed by atoms with E-state index in [1.165, 1.54) is 10.4 Å². The molecule has 0 spiro atoms. The molecule has 3 heterocycles. The van der Waals surface area contributed by atoms with Crippen LogP contribution >= 0.6 is 22.9 Å². The van der Waals surface area contributed by atoms with E-state index in [2.05, 4.69) is 21.3 Å². The number of thiophene rings is 1. The third-order valence-corrected chi connectivity index (χ3v) is 4.55. The average molecular weight is 281 g/mol. The molecule has 0 unspecified atom stereocenters. The van der Waals surface area contributed by atoms with Crippen LogP contribution in [0, 0.1) is 0 Å². The van der Waals surface area contributed by atoms with Crippen molar-refractivity contribution >= 4 is 28.8 Å². The molecule has 2 aromatic heterocycles. The lowest BCUT2D eigenvalue weighted by molar-refractivity contribution is 0.277. The summed E-state index contributed by atoms with van der Waals surface area (Å²) in [5, 5.41) is 11.9. The van der Waals surface area contributed by atoms with Crippen LogP contribution in [0.4, 0.5) is 5.82 Å². The molecule has 0 fully saturated rings. The van der Waals surface area contributed by atoms with Gasteiger partial charge in [0, 0.05) is 18.0 Å². The molecule has 2 aromatic rings. The molecule has 0 bridgehead atoms. The second-order valence-corrected chi connectivity index (χ2v) is 5.70. The Labute approximate surface area is 115 Å². The van der Waals surface area contributed by atoms with Crippen molar-refractivity contribution in [2.24, 2.45) is 0 Å². The number of hydrogen-bond donors (Lipinski definition) is 1. The van der Waals surface area contributed by atoms with Gasteiger partial charge in [-0.15, -0.1) is 11.3 Å². The topological polar surface area (TPSA) is 36.4 Å². The lowest BCUT2D eigenvalue weighted by atomic mass is 10.1. The van der Waals surface area contributed by atoms with Crippen molar-refractivity contribution in [2.45, 2.75) is 19.6 Å². The molecule has 0 saturated heterocycles. The second-order valence-electron chi connectivity index (χ2n) is 4.30. The van der Waals surface area contributed by atoms with Crippen LogP contribution in [0.25, 0.3) is 0 Å². The van der Waals surface area contributed by atoms with E-state index in [0.717, 1.165) is 25.3 Å². The lowest BCUT2D eigenvalue weighted by Gasteiger charge is -2.28. The Bertz CT molecular complexity index is 570. The molecule has 3 rings (SSSR count). The number of aliphatic hydroxyl groups excluding tert-OH is 1. The normalized spacial score (nSPS) is 14.7. The summed E-state index contributed by atoms with van der Waals surface area (Å²) in [6.45, 7) is 1.73. The Morgan fingerprint density at radius 3 is 3.11 bits per heavy atom. The molecule has 3 nitrogen and oxygen atoms in total. The van der Waals surface area contributed by atoms with Crippen molar-refractivity contribution in [1.29, 1.82) is 0 Å². The summed E-state index contributed by atoms with van der Waals surface area (Å²) in [4.78, 5) is 8.12. The molecule has 0 saturated carbocycles. The number of halogens is 1. The van der Waals surface area contributed by atoms with Gasteiger partial charge in [-0.05, 0) is 35.6 Å². The van der Waals surface area contributed by atoms with Gasteiger partial charge in [0.2, 0.25) is 0 Å². The van der Waals surface area contributed by atoms with Crippen molar-refractivity contribution in [3.05, 3.63) is 44.7 Å². The fraction of sp³-hybridized carbons (Fsp3) is 0.308. The highest BCUT2D eigenvalue weighted by molar-refractivity contribution is 7.10. The first-order valence-electron chi connectivity index (χ1n) is 5.84. The maximum atomic E-state index is 9.20. The largest absolute Gasteiger partial charge is 0.390 e. The van der Waals surface area contributed by atoms with Gasteiger partial charge >= 0.3 is 0 Å². The molecular weight excluding hydrogens is 268 g/mol. The molecule has 94 valence electrons. The predicted octanol–water partition coefficient (Wildman–Crippen LogP) is 2.85. The molecule has 0 aromatic carbocycles. The highest BCUT2D eigenvalue weighted by Gasteiger charge is 2.18. The summed E-state index contributed by atoms with van der Waals surface area (Å²) in [7, 11) is 0. The number of aromatic nitrogens is 1. The standard InChI is InChI=1S/C13H13ClN2OS/c14-10-1-2-13(15-11(10)8-17)16-5-3-12-9(7-16)4-6-18-12/h1-2,4,6,17H,3,5,7-8H2. The van der Waals surface area contributed by atoms with Crippen LogP contribution < -0.4 is 4.90 Å². The molecule has 18 heavy (non-hydrogen) atoms. The fourth-order valence-corrected chi connectivity index (χ4v) is 3.26. The summed E-state index contributed by atoms with van der Waals surface area (Å²) < 4.78 is 0. The van der Waals surface area contributed by atoms with E-state index >= 15 is 0 Å². The van der Waals surface area contributed by atoms with Gasteiger partial charge in [0.1, 0.15) is 5.82 Å². The Balaban J connectivity index is 1.88. The Morgan fingerprint density at radius 1 is 1.39 bits per heavy atom. The number of fused-ring (bicyclic) bond motifs is 1. The molecule has 0 atom stereocenters. The third-order valence-electron chi connectivity index (χ3n) is 3.19. The number of hydrogen-bond acceptors (Lipinski definition) is 4. The van der Waals surface area contributed by atoms with Crippen LogP contribution in [0.3, 0.4) is 0 Å². The Kier molecular flexibility index (Phi) is 3.24. The number of pyridine rings is 1. The van der Waals surface area contributed by atoms with Gasteiger partial charge in [-0.2, -0.15) is 0 Å². The molecular formula is C13H13ClN2OS. The van der Waals surface area contributed by atoms with Gasteiger partial charge in [-0.3, -0.25) is 0 Å². The molecule has 0 amide bonds. The monoisotopic (exact) mass is 280 g/mol. The maximum absolute atomic E-state index is 9.20. The first-order valence-corrected chi connectivity index (χ1v) is 7.10. The summed E-state index contributed by atoms with van der Waals surface area (Å²) in [6.07, 6.45) is 1.06. The minimum atomic E-state index is -0.121. The van der Waals surface area contributed by atoms with Crippen LogP contribution in [0.5, 0.6) is 0 Å². The second kappa shape index (κ2) is 4.88. The zero-order chi connectivity index (χ0) is 12.5. The van der Waals surface area contributed by atoms with Gasteiger partial charge in [0.05, 0.1) is 17.3 Å². The van der Waals surface area contributed by atoms with Gasteiger partial charge in [0.25, 0.3) is 0 Å². The van der Waals surface area contributed by atoms with Gasteiger partial charge < -0.3 is 10.0 Å². The van der Waals surface area contributed by atoms with E-state index in [4.69, 9.17) is 11.6 Å². The first-order chi connectivity index (χ1) is 8.78. The highest BCUT2D eigenvalue weighted by Crippen LogP contribution is 2.28. The Morgan fingerprint density at radius 2 is 2.28 bits per heavy atom. The van der Waals surface area contributed by atoms with Gasteiger partial charge in [-0.1, -0.05) is 11.6 Å². The lowest BCUT2D eigenvalue weighted by Crippen LogP contribution is -2.30. The zero-order valence-corrected chi connectivity index (χ0v) is 11.3. The number of rotatable bonds is 2. The molecule has 0 radical (unpaired) electrons. The zero-order valence-electron chi connectivity index (χ0n) is 9.77. The molecule has 5 heteroatoms. The van der Waals surface area contributed by atoms with Crippen LogP contribution in [0.2, 0.25) is 5.02 Å². The van der Waals surface area contributed by atoms with Crippen molar-refractivity contribution in [3.63, 3.8) is 0 Å². The van der Waals surface area contributed by atoms with E-state index < -0.39 is 0 Å². The quantitative estimate of drug-likeness (QED) is 0.919. The van der Waals surface area contributed by atoms with E-state index in [1.807, 2.05) is 17.4 Å². The van der Waals surface area contributed by atoms with Crippen molar-refractivity contribution in [1.82, 2.24) is 4.98 Å². The van der Waals surface area contributed by atoms with Gasteiger partial charge in [-0.25, -0.2) is 4.98 Å². The molecule has 1 N–H and O–H groups in total. The molecule has 0 aliphatic carbocycles. The minimum Gasteiger partial charge on any atom is -0.390 e. The van der Waals surface area contributed by atoms with E-state index in [-0.39, 0.29) is 6.61 Å². The smallest absolute Gasteiger partial charge is 0.129 e. The van der Waals surface area contributed by atoms with E-state index in [0.29, 0.717) is 10.7 Å². The van der Waals surface area contributed by atoms with E-state index in [1.54, 1.807) is 6.07 Å². The van der Waals surface area contributed by atoms with Gasteiger partial charge in [0.15, 0.2) is 0 Å². The average Bonchev–Trinajstić information content (AvgIpc) is 2.86. The fourth-order valence-electron chi connectivity index (χ4n) is 2.20. The minimum absolute atomic E-state index is 0.121. The van der Waals surface area contributed by atoms with Crippen LogP contribution in [0.1, 0.15) is 16.1 Å². The maximum Gasteiger partial charge on any atom is 0.129 e. The number of aliphatic hydroxyl groups is 1. The third kappa shape index (κ3) is 2.11. The SMILES string of the molecule is OCc1nc(N2CCc3sccc3C2)ccc1Cl. The number of nitrogens with zero attached hydrogens (tertiary/aromatic N) is 2. The predicted molar refractivity (Wildman–Crippen MR) is 74.2 cm³/mol. The van der Waals surface area contributed by atoms with Crippen molar-refractivity contribution in [3.8, 4) is 0 Å². The summed E-state index contributed by atoms with van der Waals surface area (Å²) in [5.74, 6) is 0.889. The first kappa shape index (κ1) is 12.0. The Hall–Kier alpha value is -1.10. The van der Waals surface area contributed by atoms with E-state index in [9.17, 15) is 5.11 Å².